The van der Waals surface area contributed by atoms with Crippen molar-refractivity contribution in [2.24, 2.45) is 7.05 Å². The second-order valence-corrected chi connectivity index (χ2v) is 4.42. The van der Waals surface area contributed by atoms with Gasteiger partial charge in [-0.15, -0.1) is 0 Å². The van der Waals surface area contributed by atoms with Crippen LogP contribution in [0.25, 0.3) is 0 Å². The van der Waals surface area contributed by atoms with Crippen molar-refractivity contribution in [3.05, 3.63) is 18.2 Å². The van der Waals surface area contributed by atoms with Crippen molar-refractivity contribution in [3.63, 3.8) is 0 Å². The molecule has 0 unspecified atom stereocenters. The van der Waals surface area contributed by atoms with Gasteiger partial charge in [-0.1, -0.05) is 0 Å². The van der Waals surface area contributed by atoms with Gasteiger partial charge in [0.25, 0.3) is 5.82 Å². The number of imidazole rings is 1. The first kappa shape index (κ1) is 11.8. The summed E-state index contributed by atoms with van der Waals surface area (Å²) in [6.45, 7) is 1.95. The van der Waals surface area contributed by atoms with Crippen LogP contribution in [0.3, 0.4) is 0 Å². The van der Waals surface area contributed by atoms with E-state index in [4.69, 9.17) is 5.41 Å². The van der Waals surface area contributed by atoms with Crippen molar-refractivity contribution in [3.8, 4) is 0 Å². The molecule has 0 saturated carbocycles. The molecule has 0 aliphatic carbocycles. The van der Waals surface area contributed by atoms with Crippen LogP contribution in [0, 0.1) is 5.41 Å². The normalized spacial score (nSPS) is 16.3. The molecule has 0 aromatic carbocycles. The zero-order valence-corrected chi connectivity index (χ0v) is 9.90. The van der Waals surface area contributed by atoms with Gasteiger partial charge in [0, 0.05) is 12.8 Å². The van der Waals surface area contributed by atoms with Gasteiger partial charge in [-0.25, -0.2) is 13.9 Å². The number of carbonyl (C=O) groups is 1. The molecule has 1 aromatic rings. The third kappa shape index (κ3) is 2.36. The topological polar surface area (TPSA) is 77.2 Å². The van der Waals surface area contributed by atoms with Crippen LogP contribution >= 0.6 is 0 Å². The molecule has 1 aliphatic heterocycles. The maximum Gasteiger partial charge on any atom is 0.354 e. The van der Waals surface area contributed by atoms with Crippen molar-refractivity contribution in [1.29, 1.82) is 5.41 Å². The summed E-state index contributed by atoms with van der Waals surface area (Å²) in [6, 6.07) is 0. The average molecular weight is 237 g/mol. The molecule has 6 nitrogen and oxygen atoms in total. The molecule has 0 atom stereocenters. The lowest BCUT2D eigenvalue weighted by molar-refractivity contribution is -0.806. The Morgan fingerprint density at radius 1 is 1.59 bits per heavy atom. The number of quaternary nitrogens is 1. The molecule has 92 valence electrons. The fourth-order valence-corrected chi connectivity index (χ4v) is 2.29. The van der Waals surface area contributed by atoms with Crippen LogP contribution in [0.4, 0.5) is 0 Å². The molecule has 1 fully saturated rings. The molecule has 1 aliphatic rings. The highest BCUT2D eigenvalue weighted by atomic mass is 16.3. The van der Waals surface area contributed by atoms with E-state index in [-0.39, 0.29) is 18.3 Å². The molecule has 1 saturated heterocycles. The number of carbonyl (C=O) groups excluding carboxylic acids is 1. The number of nitrogens with zero attached hydrogens (tertiary/aromatic N) is 2. The Kier molecular flexibility index (Phi) is 3.23. The van der Waals surface area contributed by atoms with E-state index in [0.29, 0.717) is 0 Å². The lowest BCUT2D eigenvalue weighted by Gasteiger charge is -2.09. The predicted octanol–water partition coefficient (Wildman–Crippen LogP) is -2.80. The van der Waals surface area contributed by atoms with Crippen molar-refractivity contribution < 1.29 is 19.4 Å². The lowest BCUT2D eigenvalue weighted by atomic mass is 10.4. The summed E-state index contributed by atoms with van der Waals surface area (Å²) in [5.41, 5.74) is 0. The van der Waals surface area contributed by atoms with Crippen LogP contribution in [0.1, 0.15) is 18.7 Å². The third-order valence-electron chi connectivity index (χ3n) is 3.19. The van der Waals surface area contributed by atoms with E-state index in [1.807, 2.05) is 0 Å². The Morgan fingerprint density at radius 2 is 2.24 bits per heavy atom. The molecule has 2 N–H and O–H groups in total. The summed E-state index contributed by atoms with van der Waals surface area (Å²) >= 11 is 0. The fourth-order valence-electron chi connectivity index (χ4n) is 2.29. The molecule has 0 spiro atoms. The smallest absolute Gasteiger partial charge is 0.354 e. The van der Waals surface area contributed by atoms with Crippen LogP contribution < -0.4 is 14.6 Å². The lowest BCUT2D eigenvalue weighted by Crippen LogP contribution is -3.13. The Bertz CT molecular complexity index is 446. The Hall–Kier alpha value is -1.69. The highest BCUT2D eigenvalue weighted by molar-refractivity contribution is 5.82. The van der Waals surface area contributed by atoms with Crippen LogP contribution in [0.2, 0.25) is 0 Å². The van der Waals surface area contributed by atoms with E-state index < -0.39 is 5.90 Å². The standard InChI is InChI=1S/C11H16N4O2/c1-13-6-7-15(11(13)10(12)17)8-9(16)14-4-2-3-5-14/h6-7H,2-5,8H2,1H3,(H-,12,17)/p+1. The summed E-state index contributed by atoms with van der Waals surface area (Å²) in [6.07, 6.45) is 5.54. The Balaban J connectivity index is 2.13. The molecule has 0 bridgehead atoms. The molecule has 1 amide bonds. The van der Waals surface area contributed by atoms with E-state index in [1.54, 1.807) is 28.6 Å². The minimum atomic E-state index is -0.762. The number of hydrogen-bond donors (Lipinski definition) is 2. The van der Waals surface area contributed by atoms with Gasteiger partial charge >= 0.3 is 5.91 Å². The van der Waals surface area contributed by atoms with Gasteiger partial charge in [-0.2, -0.15) is 0 Å². The predicted molar refractivity (Wildman–Crippen MR) is 57.4 cm³/mol. The molecular weight excluding hydrogens is 220 g/mol. The van der Waals surface area contributed by atoms with Crippen molar-refractivity contribution in [1.82, 2.24) is 4.57 Å². The van der Waals surface area contributed by atoms with Gasteiger partial charge in [0.2, 0.25) is 6.54 Å². The second-order valence-electron chi connectivity index (χ2n) is 4.42. The van der Waals surface area contributed by atoms with Gasteiger partial charge in [0.15, 0.2) is 0 Å². The highest BCUT2D eigenvalue weighted by Crippen LogP contribution is 1.94. The van der Waals surface area contributed by atoms with E-state index in [2.05, 4.69) is 0 Å². The fraction of sp³-hybridized carbons (Fsp3) is 0.545. The number of nitrogens with one attached hydrogen (secondary N) is 2. The molecule has 2 heterocycles. The number of likely N-dealkylation sites (tertiary alicyclic amines) is 1. The monoisotopic (exact) mass is 237 g/mol. The van der Waals surface area contributed by atoms with E-state index in [9.17, 15) is 9.90 Å². The summed E-state index contributed by atoms with van der Waals surface area (Å²) < 4.78 is 3.13. The van der Waals surface area contributed by atoms with Gasteiger partial charge in [-0.3, -0.25) is 4.90 Å². The Morgan fingerprint density at radius 3 is 2.82 bits per heavy atom. The maximum absolute atomic E-state index is 12.0. The molecular formula is C11H17N4O2+. The molecule has 17 heavy (non-hydrogen) atoms. The number of rotatable bonds is 3. The number of hydrogen-bond acceptors (Lipinski definition) is 3. The van der Waals surface area contributed by atoms with Crippen molar-refractivity contribution in [2.45, 2.75) is 19.4 Å². The number of aryl methyl sites for hydroxylation is 1. The minimum absolute atomic E-state index is 0.0983. The van der Waals surface area contributed by atoms with Crippen LogP contribution in [-0.2, 0) is 18.4 Å². The highest BCUT2D eigenvalue weighted by Gasteiger charge is 2.27. The molecule has 6 heteroatoms. The maximum atomic E-state index is 12.0. The van der Waals surface area contributed by atoms with Gasteiger partial charge in [0.1, 0.15) is 12.4 Å². The van der Waals surface area contributed by atoms with E-state index in [1.165, 1.54) is 0 Å². The van der Waals surface area contributed by atoms with Crippen molar-refractivity contribution in [2.75, 3.05) is 13.1 Å². The molecule has 1 aromatic heterocycles. The number of amides is 1. The van der Waals surface area contributed by atoms with Crippen LogP contribution in [0.5, 0.6) is 0 Å². The van der Waals surface area contributed by atoms with Gasteiger partial charge < -0.3 is 10.5 Å². The van der Waals surface area contributed by atoms with E-state index >= 15 is 0 Å². The quantitative estimate of drug-likeness (QED) is 0.338. The zero-order chi connectivity index (χ0) is 12.4. The third-order valence-corrected chi connectivity index (χ3v) is 3.19. The SMILES string of the molecule is C[n+]1ccn(CC(=O)[NH+]2CCCC2)c1C(=N)[O-]. The first-order valence-electron chi connectivity index (χ1n) is 5.78. The summed E-state index contributed by atoms with van der Waals surface area (Å²) in [4.78, 5) is 12.9. The minimum Gasteiger partial charge on any atom is -0.853 e. The first-order chi connectivity index (χ1) is 8.09. The first-order valence-corrected chi connectivity index (χ1v) is 5.78. The summed E-state index contributed by atoms with van der Waals surface area (Å²) in [5, 5.41) is 18.3. The largest absolute Gasteiger partial charge is 0.853 e. The van der Waals surface area contributed by atoms with Gasteiger partial charge in [0.05, 0.1) is 26.0 Å². The molecule has 2 rings (SSSR count). The summed E-state index contributed by atoms with van der Waals surface area (Å²) in [5.74, 6) is -0.417. The van der Waals surface area contributed by atoms with E-state index in [0.717, 1.165) is 30.8 Å². The second kappa shape index (κ2) is 4.67. The summed E-state index contributed by atoms with van der Waals surface area (Å²) in [7, 11) is 1.70. The van der Waals surface area contributed by atoms with Gasteiger partial charge in [-0.05, 0) is 0 Å². The average Bonchev–Trinajstić information content (AvgIpc) is 2.87. The Labute approximate surface area is 99.6 Å². The molecule has 0 radical (unpaired) electrons. The zero-order valence-electron chi connectivity index (χ0n) is 9.90. The van der Waals surface area contributed by atoms with Crippen LogP contribution in [0.15, 0.2) is 12.4 Å². The van der Waals surface area contributed by atoms with Crippen LogP contribution in [-0.4, -0.2) is 29.5 Å². The van der Waals surface area contributed by atoms with Crippen molar-refractivity contribution >= 4 is 11.8 Å². The number of aromatic nitrogens is 2.